The number of hydrogen-bond acceptors (Lipinski definition) is 7. The summed E-state index contributed by atoms with van der Waals surface area (Å²) < 4.78 is 16.2. The van der Waals surface area contributed by atoms with Crippen LogP contribution in [-0.4, -0.2) is 30.4 Å². The molecule has 0 saturated carbocycles. The van der Waals surface area contributed by atoms with Crippen molar-refractivity contribution in [3.8, 4) is 0 Å². The number of carbonyl (C=O) groups is 1. The molecule has 2 heterocycles. The Balaban J connectivity index is 1.75. The van der Waals surface area contributed by atoms with E-state index in [1.165, 1.54) is 23.5 Å². The van der Waals surface area contributed by atoms with E-state index < -0.39 is 23.1 Å². The van der Waals surface area contributed by atoms with Crippen LogP contribution in [0, 0.1) is 10.1 Å². The molecule has 2 atom stereocenters. The molecule has 1 fully saturated rings. The number of non-ortho nitro benzene ring substituents is 1. The van der Waals surface area contributed by atoms with Gasteiger partial charge in [-0.15, -0.1) is 11.3 Å². The van der Waals surface area contributed by atoms with Gasteiger partial charge in [0.2, 0.25) is 0 Å². The fourth-order valence-corrected chi connectivity index (χ4v) is 2.87. The van der Waals surface area contributed by atoms with E-state index in [0.29, 0.717) is 10.4 Å². The number of ether oxygens (including phenoxy) is 3. The third-order valence-corrected chi connectivity index (χ3v) is 4.21. The van der Waals surface area contributed by atoms with Gasteiger partial charge in [-0.1, -0.05) is 6.07 Å². The van der Waals surface area contributed by atoms with Crippen molar-refractivity contribution in [1.29, 1.82) is 0 Å². The number of nitrogens with zero attached hydrogens (tertiary/aromatic N) is 1. The van der Waals surface area contributed by atoms with Crippen LogP contribution in [0.4, 0.5) is 5.69 Å². The number of carbonyl (C=O) groups excluding carboxylic acids is 1. The highest BCUT2D eigenvalue weighted by molar-refractivity contribution is 7.11. The molecule has 0 N–H and O–H groups in total. The van der Waals surface area contributed by atoms with Crippen molar-refractivity contribution in [2.24, 2.45) is 0 Å². The summed E-state index contributed by atoms with van der Waals surface area (Å²) in [6.07, 6.45) is -1.13. The Morgan fingerprint density at radius 3 is 2.74 bits per heavy atom. The molecule has 2 unspecified atom stereocenters. The first-order chi connectivity index (χ1) is 11.1. The molecule has 120 valence electrons. The summed E-state index contributed by atoms with van der Waals surface area (Å²) in [4.78, 5) is 22.8. The van der Waals surface area contributed by atoms with E-state index in [9.17, 15) is 14.9 Å². The molecule has 1 aliphatic rings. The van der Waals surface area contributed by atoms with Gasteiger partial charge in [-0.3, -0.25) is 10.1 Å². The highest BCUT2D eigenvalue weighted by Gasteiger charge is 2.32. The molecule has 2 aromatic rings. The van der Waals surface area contributed by atoms with Gasteiger partial charge in [0.25, 0.3) is 5.69 Å². The molecular formula is C15H13NO6S. The molecular weight excluding hydrogens is 322 g/mol. The van der Waals surface area contributed by atoms with Crippen LogP contribution in [0.25, 0.3) is 0 Å². The lowest BCUT2D eigenvalue weighted by Gasteiger charge is -2.31. The molecule has 1 saturated heterocycles. The van der Waals surface area contributed by atoms with Gasteiger partial charge in [0.15, 0.2) is 6.10 Å². The van der Waals surface area contributed by atoms with Crippen LogP contribution in [0.1, 0.15) is 21.3 Å². The highest BCUT2D eigenvalue weighted by atomic mass is 32.1. The van der Waals surface area contributed by atoms with Gasteiger partial charge in [-0.05, 0) is 29.1 Å². The lowest BCUT2D eigenvalue weighted by molar-refractivity contribution is -0.384. The van der Waals surface area contributed by atoms with Gasteiger partial charge in [0.1, 0.15) is 17.8 Å². The predicted molar refractivity (Wildman–Crippen MR) is 81.3 cm³/mol. The summed E-state index contributed by atoms with van der Waals surface area (Å²) in [5.74, 6) is -0.439. The van der Waals surface area contributed by atoms with Crippen LogP contribution in [0.5, 0.6) is 0 Å². The van der Waals surface area contributed by atoms with Crippen molar-refractivity contribution in [3.63, 3.8) is 0 Å². The SMILES string of the molecule is O=C(OC1COCOC1c1ccc([N+](=O)[O-])cc1)c1cccs1. The van der Waals surface area contributed by atoms with Crippen LogP contribution < -0.4 is 0 Å². The Kier molecular flexibility index (Phi) is 4.65. The van der Waals surface area contributed by atoms with Crippen LogP contribution in [0.3, 0.4) is 0 Å². The average Bonchev–Trinajstić information content (AvgIpc) is 3.10. The van der Waals surface area contributed by atoms with E-state index in [0.717, 1.165) is 0 Å². The molecule has 1 aromatic heterocycles. The molecule has 3 rings (SSSR count). The van der Waals surface area contributed by atoms with E-state index in [1.807, 2.05) is 0 Å². The maximum Gasteiger partial charge on any atom is 0.348 e. The fraction of sp³-hybridized carbons (Fsp3) is 0.267. The highest BCUT2D eigenvalue weighted by Crippen LogP contribution is 2.29. The summed E-state index contributed by atoms with van der Waals surface area (Å²) in [5, 5.41) is 12.5. The molecule has 23 heavy (non-hydrogen) atoms. The van der Waals surface area contributed by atoms with Crippen molar-refractivity contribution in [3.05, 3.63) is 62.3 Å². The monoisotopic (exact) mass is 335 g/mol. The third kappa shape index (κ3) is 3.55. The first-order valence-electron chi connectivity index (χ1n) is 6.83. The predicted octanol–water partition coefficient (Wildman–Crippen LogP) is 2.93. The summed E-state index contributed by atoms with van der Waals surface area (Å²) in [6.45, 7) is 0.285. The lowest BCUT2D eigenvalue weighted by atomic mass is 10.0. The summed E-state index contributed by atoms with van der Waals surface area (Å²) in [5.41, 5.74) is 0.691. The zero-order valence-corrected chi connectivity index (χ0v) is 12.7. The van der Waals surface area contributed by atoms with Crippen LogP contribution in [0.15, 0.2) is 41.8 Å². The smallest absolute Gasteiger partial charge is 0.348 e. The number of thiophene rings is 1. The third-order valence-electron chi connectivity index (χ3n) is 3.36. The van der Waals surface area contributed by atoms with Gasteiger partial charge in [0.05, 0.1) is 11.5 Å². The Labute approximate surface area is 135 Å². The number of esters is 1. The maximum atomic E-state index is 12.1. The van der Waals surface area contributed by atoms with Crippen molar-refractivity contribution in [1.82, 2.24) is 0 Å². The van der Waals surface area contributed by atoms with Gasteiger partial charge in [-0.25, -0.2) is 4.79 Å². The Morgan fingerprint density at radius 2 is 2.09 bits per heavy atom. The molecule has 1 aliphatic heterocycles. The Bertz CT molecular complexity index is 685. The minimum atomic E-state index is -0.611. The van der Waals surface area contributed by atoms with Crippen molar-refractivity contribution < 1.29 is 23.9 Å². The summed E-state index contributed by atoms with van der Waals surface area (Å²) >= 11 is 1.29. The zero-order valence-electron chi connectivity index (χ0n) is 11.9. The van der Waals surface area contributed by atoms with Crippen LogP contribution in [-0.2, 0) is 14.2 Å². The lowest BCUT2D eigenvalue weighted by Crippen LogP contribution is -2.36. The molecule has 0 bridgehead atoms. The molecule has 0 aliphatic carbocycles. The van der Waals surface area contributed by atoms with Gasteiger partial charge in [-0.2, -0.15) is 0 Å². The largest absolute Gasteiger partial charge is 0.453 e. The van der Waals surface area contributed by atoms with Gasteiger partial charge >= 0.3 is 5.97 Å². The zero-order chi connectivity index (χ0) is 16.2. The van der Waals surface area contributed by atoms with Gasteiger partial charge < -0.3 is 14.2 Å². The maximum absolute atomic E-state index is 12.1. The molecule has 0 amide bonds. The second kappa shape index (κ2) is 6.86. The van der Waals surface area contributed by atoms with E-state index in [4.69, 9.17) is 14.2 Å². The Morgan fingerprint density at radius 1 is 1.30 bits per heavy atom. The van der Waals surface area contributed by atoms with Crippen LogP contribution in [0.2, 0.25) is 0 Å². The van der Waals surface area contributed by atoms with Crippen molar-refractivity contribution in [2.75, 3.05) is 13.4 Å². The number of nitro benzene ring substituents is 1. The molecule has 1 aromatic carbocycles. The second-order valence-electron chi connectivity index (χ2n) is 4.85. The van der Waals surface area contributed by atoms with Crippen LogP contribution >= 0.6 is 11.3 Å². The topological polar surface area (TPSA) is 87.9 Å². The Hall–Kier alpha value is -2.29. The average molecular weight is 335 g/mol. The normalized spacial score (nSPS) is 20.9. The number of rotatable bonds is 4. The van der Waals surface area contributed by atoms with Gasteiger partial charge in [0, 0.05) is 12.1 Å². The molecule has 0 radical (unpaired) electrons. The number of nitro groups is 1. The molecule has 0 spiro atoms. The minimum absolute atomic E-state index is 0.00654. The molecule has 7 nitrogen and oxygen atoms in total. The fourth-order valence-electron chi connectivity index (χ4n) is 2.26. The minimum Gasteiger partial charge on any atom is -0.453 e. The van der Waals surface area contributed by atoms with Crippen molar-refractivity contribution in [2.45, 2.75) is 12.2 Å². The van der Waals surface area contributed by atoms with E-state index in [1.54, 1.807) is 29.6 Å². The summed E-state index contributed by atoms with van der Waals surface area (Å²) in [6, 6.07) is 9.43. The van der Waals surface area contributed by atoms with Crippen molar-refractivity contribution >= 4 is 23.0 Å². The quantitative estimate of drug-likeness (QED) is 0.485. The number of hydrogen-bond donors (Lipinski definition) is 0. The second-order valence-corrected chi connectivity index (χ2v) is 5.79. The first-order valence-corrected chi connectivity index (χ1v) is 7.71. The van der Waals surface area contributed by atoms with E-state index in [-0.39, 0.29) is 19.1 Å². The number of benzene rings is 1. The first kappa shape index (κ1) is 15.6. The summed E-state index contributed by atoms with van der Waals surface area (Å²) in [7, 11) is 0. The van der Waals surface area contributed by atoms with E-state index in [2.05, 4.69) is 0 Å². The van der Waals surface area contributed by atoms with E-state index >= 15 is 0 Å². The standard InChI is InChI=1S/C15H13NO6S/c17-15(13-2-1-7-23-13)22-12-8-20-9-21-14(12)10-3-5-11(6-4-10)16(18)19/h1-7,12,14H,8-9H2. The molecule has 8 heteroatoms.